The Labute approximate surface area is 220 Å². The number of halogens is 2. The van der Waals surface area contributed by atoms with Crippen LogP contribution in [0.3, 0.4) is 0 Å². The maximum Gasteiger partial charge on any atom is 0.186 e. The first-order chi connectivity index (χ1) is 17.4. The Hall–Kier alpha value is -3.38. The Kier molecular flexibility index (Phi) is 6.97. The lowest BCUT2D eigenvalue weighted by molar-refractivity contribution is 0.0938. The summed E-state index contributed by atoms with van der Waals surface area (Å²) in [4.78, 5) is 17.2. The van der Waals surface area contributed by atoms with Crippen molar-refractivity contribution < 1.29 is 4.79 Å². The van der Waals surface area contributed by atoms with Gasteiger partial charge in [0.15, 0.2) is 5.78 Å². The van der Waals surface area contributed by atoms with Crippen LogP contribution in [0.1, 0.15) is 34.5 Å². The summed E-state index contributed by atoms with van der Waals surface area (Å²) in [6.07, 6.45) is 6.27. The Morgan fingerprint density at radius 2 is 1.86 bits per heavy atom. The lowest BCUT2D eigenvalue weighted by Crippen LogP contribution is -2.36. The molecule has 5 rings (SSSR count). The third kappa shape index (κ3) is 5.09. The fourth-order valence-corrected chi connectivity index (χ4v) is 5.05. The van der Waals surface area contributed by atoms with Crippen molar-refractivity contribution in [3.63, 3.8) is 0 Å². The molecule has 182 valence electrons. The molecule has 0 amide bonds. The van der Waals surface area contributed by atoms with Crippen LogP contribution >= 0.6 is 23.2 Å². The summed E-state index contributed by atoms with van der Waals surface area (Å²) in [5.74, 6) is 0.00984. The van der Waals surface area contributed by atoms with Crippen LogP contribution < -0.4 is 5.32 Å². The SMILES string of the molecule is C[C@@H](Cc1ccc(Cl)cc1Cl)N[C@@H](C(=O)c1c[nH]c2cc(-c3cnn(C)c3)ccc12)c1ccccc1. The highest BCUT2D eigenvalue weighted by Crippen LogP contribution is 2.29. The maximum atomic E-state index is 13.9. The van der Waals surface area contributed by atoms with E-state index in [9.17, 15) is 4.79 Å². The van der Waals surface area contributed by atoms with Crippen LogP contribution in [0.2, 0.25) is 10.0 Å². The first-order valence-corrected chi connectivity index (χ1v) is 12.5. The molecule has 2 atom stereocenters. The quantitative estimate of drug-likeness (QED) is 0.218. The van der Waals surface area contributed by atoms with Gasteiger partial charge in [0.1, 0.15) is 0 Å². The molecule has 0 aliphatic carbocycles. The van der Waals surface area contributed by atoms with E-state index in [1.54, 1.807) is 16.9 Å². The summed E-state index contributed by atoms with van der Waals surface area (Å²) in [5, 5.41) is 9.93. The zero-order chi connectivity index (χ0) is 25.2. The molecule has 0 radical (unpaired) electrons. The number of aryl methyl sites for hydroxylation is 1. The van der Waals surface area contributed by atoms with Crippen LogP contribution in [0.25, 0.3) is 22.0 Å². The van der Waals surface area contributed by atoms with Gasteiger partial charge in [0.2, 0.25) is 0 Å². The smallest absolute Gasteiger partial charge is 0.186 e. The van der Waals surface area contributed by atoms with Crippen molar-refractivity contribution >= 4 is 39.9 Å². The number of aromatic nitrogens is 3. The molecule has 0 aliphatic heterocycles. The number of fused-ring (bicyclic) bond motifs is 1. The standard InChI is InChI=1S/C29H26Cl2N4O/c1-18(12-21-8-10-23(30)14-26(21)31)34-28(19-6-4-3-5-7-19)29(36)25-16-32-27-13-20(9-11-24(25)27)22-15-33-35(2)17-22/h3-11,13-18,28,32,34H,12H2,1-2H3/t18-,28+/m0/s1. The molecular formula is C29H26Cl2N4O. The molecule has 0 saturated carbocycles. The van der Waals surface area contributed by atoms with Gasteiger partial charge in [0, 0.05) is 57.6 Å². The van der Waals surface area contributed by atoms with E-state index in [0.29, 0.717) is 22.0 Å². The van der Waals surface area contributed by atoms with E-state index in [1.165, 1.54) is 0 Å². The maximum absolute atomic E-state index is 13.9. The molecule has 36 heavy (non-hydrogen) atoms. The molecule has 0 spiro atoms. The Morgan fingerprint density at radius 1 is 1.06 bits per heavy atom. The van der Waals surface area contributed by atoms with Crippen molar-refractivity contribution in [2.24, 2.45) is 7.05 Å². The van der Waals surface area contributed by atoms with E-state index in [2.05, 4.69) is 28.4 Å². The molecule has 0 unspecified atom stereocenters. The van der Waals surface area contributed by atoms with E-state index in [4.69, 9.17) is 23.2 Å². The van der Waals surface area contributed by atoms with Crippen LogP contribution in [-0.4, -0.2) is 26.6 Å². The molecule has 5 nitrogen and oxygen atoms in total. The zero-order valence-corrected chi connectivity index (χ0v) is 21.5. The van der Waals surface area contributed by atoms with Crippen LogP contribution in [0.15, 0.2) is 85.3 Å². The number of carbonyl (C=O) groups excluding carboxylic acids is 1. The Balaban J connectivity index is 1.44. The molecule has 0 saturated heterocycles. The number of nitrogens with zero attached hydrogens (tertiary/aromatic N) is 2. The summed E-state index contributed by atoms with van der Waals surface area (Å²) in [7, 11) is 1.89. The van der Waals surface area contributed by atoms with Gasteiger partial charge in [-0.15, -0.1) is 0 Å². The number of hydrogen-bond acceptors (Lipinski definition) is 3. The van der Waals surface area contributed by atoms with Crippen molar-refractivity contribution in [3.05, 3.63) is 112 Å². The first-order valence-electron chi connectivity index (χ1n) is 11.8. The molecule has 0 bridgehead atoms. The summed E-state index contributed by atoms with van der Waals surface area (Å²) in [5.41, 5.74) is 5.53. The van der Waals surface area contributed by atoms with Crippen molar-refractivity contribution in [3.8, 4) is 11.1 Å². The highest BCUT2D eigenvalue weighted by Gasteiger charge is 2.26. The summed E-state index contributed by atoms with van der Waals surface area (Å²) in [6.45, 7) is 2.06. The number of rotatable bonds is 8. The molecule has 2 aromatic heterocycles. The Bertz CT molecular complexity index is 1520. The fraction of sp³-hybridized carbons (Fsp3) is 0.172. The number of benzene rings is 3. The van der Waals surface area contributed by atoms with Gasteiger partial charge in [-0.05, 0) is 48.2 Å². The number of aromatic amines is 1. The van der Waals surface area contributed by atoms with Crippen LogP contribution in [0.4, 0.5) is 0 Å². The minimum Gasteiger partial charge on any atom is -0.360 e. The molecule has 0 aliphatic rings. The summed E-state index contributed by atoms with van der Waals surface area (Å²) >= 11 is 12.5. The topological polar surface area (TPSA) is 62.7 Å². The predicted octanol–water partition coefficient (Wildman–Crippen LogP) is 7.02. The van der Waals surface area contributed by atoms with E-state index in [-0.39, 0.29) is 11.8 Å². The largest absolute Gasteiger partial charge is 0.360 e. The van der Waals surface area contributed by atoms with Crippen molar-refractivity contribution in [1.29, 1.82) is 0 Å². The number of ketones is 1. The second kappa shape index (κ2) is 10.3. The van der Waals surface area contributed by atoms with Crippen molar-refractivity contribution in [2.45, 2.75) is 25.4 Å². The minimum atomic E-state index is -0.510. The molecule has 5 aromatic rings. The van der Waals surface area contributed by atoms with Crippen molar-refractivity contribution in [2.75, 3.05) is 0 Å². The number of nitrogens with one attached hydrogen (secondary N) is 2. The molecule has 2 N–H and O–H groups in total. The number of hydrogen-bond donors (Lipinski definition) is 2. The second-order valence-electron chi connectivity index (χ2n) is 9.08. The van der Waals surface area contributed by atoms with Crippen LogP contribution in [0, 0.1) is 0 Å². The van der Waals surface area contributed by atoms with E-state index >= 15 is 0 Å². The predicted molar refractivity (Wildman–Crippen MR) is 147 cm³/mol. The lowest BCUT2D eigenvalue weighted by Gasteiger charge is -2.23. The number of Topliss-reactive ketones (excluding diaryl/α,β-unsaturated/α-hetero) is 1. The average molecular weight is 517 g/mol. The summed E-state index contributed by atoms with van der Waals surface area (Å²) in [6, 6.07) is 20.9. The third-order valence-corrected chi connectivity index (χ3v) is 6.96. The Morgan fingerprint density at radius 3 is 2.58 bits per heavy atom. The zero-order valence-electron chi connectivity index (χ0n) is 20.0. The molecule has 0 fully saturated rings. The van der Waals surface area contributed by atoms with Crippen LogP contribution in [0.5, 0.6) is 0 Å². The van der Waals surface area contributed by atoms with Gasteiger partial charge in [0.05, 0.1) is 12.2 Å². The van der Waals surface area contributed by atoms with E-state index in [0.717, 1.165) is 33.2 Å². The molecule has 3 aromatic carbocycles. The molecular weight excluding hydrogens is 491 g/mol. The number of H-pyrrole nitrogens is 1. The molecule has 7 heteroatoms. The lowest BCUT2D eigenvalue weighted by atomic mass is 9.95. The van der Waals surface area contributed by atoms with E-state index in [1.807, 2.05) is 74.0 Å². The monoisotopic (exact) mass is 516 g/mol. The normalized spacial score (nSPS) is 13.1. The van der Waals surface area contributed by atoms with E-state index < -0.39 is 6.04 Å². The first kappa shape index (κ1) is 24.3. The highest BCUT2D eigenvalue weighted by atomic mass is 35.5. The minimum absolute atomic E-state index is 0.00984. The van der Waals surface area contributed by atoms with Gasteiger partial charge >= 0.3 is 0 Å². The van der Waals surface area contributed by atoms with Gasteiger partial charge in [0.25, 0.3) is 0 Å². The van der Waals surface area contributed by atoms with Gasteiger partial charge in [-0.1, -0.05) is 71.7 Å². The van der Waals surface area contributed by atoms with Gasteiger partial charge in [-0.3, -0.25) is 9.48 Å². The van der Waals surface area contributed by atoms with Crippen molar-refractivity contribution in [1.82, 2.24) is 20.1 Å². The third-order valence-electron chi connectivity index (χ3n) is 6.37. The second-order valence-corrected chi connectivity index (χ2v) is 9.92. The summed E-state index contributed by atoms with van der Waals surface area (Å²) < 4.78 is 1.78. The van der Waals surface area contributed by atoms with Crippen LogP contribution in [-0.2, 0) is 13.5 Å². The van der Waals surface area contributed by atoms with Gasteiger partial charge in [-0.25, -0.2) is 0 Å². The highest BCUT2D eigenvalue weighted by molar-refractivity contribution is 6.35. The average Bonchev–Trinajstić information content (AvgIpc) is 3.50. The number of carbonyl (C=O) groups is 1. The van der Waals surface area contributed by atoms with Gasteiger partial charge < -0.3 is 10.3 Å². The fourth-order valence-electron chi connectivity index (χ4n) is 4.56. The molecule has 2 heterocycles. The van der Waals surface area contributed by atoms with Gasteiger partial charge in [-0.2, -0.15) is 5.10 Å².